The van der Waals surface area contributed by atoms with Crippen molar-refractivity contribution in [2.75, 3.05) is 10.2 Å². The molecule has 1 aromatic carbocycles. The molecule has 5 rings (SSSR count). The number of imide groups is 1. The maximum atomic E-state index is 12.8. The summed E-state index contributed by atoms with van der Waals surface area (Å²) in [5.74, 6) is -0.769. The van der Waals surface area contributed by atoms with Gasteiger partial charge in [-0.25, -0.2) is 9.58 Å². The van der Waals surface area contributed by atoms with E-state index in [1.54, 1.807) is 4.68 Å². The lowest BCUT2D eigenvalue weighted by Gasteiger charge is -2.23. The molecule has 138 valence electrons. The van der Waals surface area contributed by atoms with Crippen LogP contribution in [0.1, 0.15) is 43.7 Å². The third-order valence-electron chi connectivity index (χ3n) is 5.77. The zero-order chi connectivity index (χ0) is 18.5. The van der Waals surface area contributed by atoms with Gasteiger partial charge in [0.1, 0.15) is 0 Å². The van der Waals surface area contributed by atoms with Gasteiger partial charge in [0.25, 0.3) is 5.95 Å². The SMILES string of the molecule is O=C1C[C@H](c2ccccc2)n2nc(N3C(=O)[C@@H]4CCCC[C@H]4C3=O)nc2N1. The number of hydrogen-bond donors (Lipinski definition) is 1. The van der Waals surface area contributed by atoms with E-state index in [4.69, 9.17) is 0 Å². The Morgan fingerprint density at radius 1 is 0.963 bits per heavy atom. The molecule has 2 aliphatic heterocycles. The summed E-state index contributed by atoms with van der Waals surface area (Å²) >= 11 is 0. The van der Waals surface area contributed by atoms with Gasteiger partial charge in [-0.1, -0.05) is 43.2 Å². The molecule has 0 radical (unpaired) electrons. The molecule has 2 aromatic rings. The molecular weight excluding hydrogens is 346 g/mol. The molecule has 2 fully saturated rings. The van der Waals surface area contributed by atoms with Crippen LogP contribution in [0.3, 0.4) is 0 Å². The molecule has 0 spiro atoms. The number of hydrogen-bond acceptors (Lipinski definition) is 5. The second kappa shape index (κ2) is 6.00. The summed E-state index contributed by atoms with van der Waals surface area (Å²) < 4.78 is 1.61. The minimum absolute atomic E-state index is 0.0672. The van der Waals surface area contributed by atoms with Gasteiger partial charge < -0.3 is 0 Å². The standard InChI is InChI=1S/C19H19N5O3/c25-15-10-14(11-6-2-1-3-7-11)24-18(20-15)21-19(22-24)23-16(26)12-8-4-5-9-13(12)17(23)27/h1-3,6-7,12-14H,4-5,8-10H2,(H,20,21,22,25)/t12-,13-,14-/m1/s1. The van der Waals surface area contributed by atoms with Crippen LogP contribution in [0.25, 0.3) is 0 Å². The second-order valence-electron chi connectivity index (χ2n) is 7.37. The fourth-order valence-corrected chi connectivity index (χ4v) is 4.44. The van der Waals surface area contributed by atoms with Gasteiger partial charge in [-0.05, 0) is 18.4 Å². The molecule has 0 bridgehead atoms. The molecule has 1 N–H and O–H groups in total. The smallest absolute Gasteiger partial charge is 0.260 e. The fraction of sp³-hybridized carbons (Fsp3) is 0.421. The van der Waals surface area contributed by atoms with Crippen LogP contribution < -0.4 is 10.2 Å². The number of rotatable bonds is 2. The highest BCUT2D eigenvalue weighted by molar-refractivity contribution is 6.21. The monoisotopic (exact) mass is 365 g/mol. The first-order valence-corrected chi connectivity index (χ1v) is 9.32. The summed E-state index contributed by atoms with van der Waals surface area (Å²) in [4.78, 5) is 43.2. The first kappa shape index (κ1) is 16.2. The predicted molar refractivity (Wildman–Crippen MR) is 95.8 cm³/mol. The van der Waals surface area contributed by atoms with E-state index < -0.39 is 0 Å². The Hall–Kier alpha value is -3.03. The molecule has 1 saturated carbocycles. The molecule has 1 aliphatic carbocycles. The summed E-state index contributed by atoms with van der Waals surface area (Å²) in [7, 11) is 0. The van der Waals surface area contributed by atoms with Crippen LogP contribution in [0.5, 0.6) is 0 Å². The van der Waals surface area contributed by atoms with Crippen LogP contribution >= 0.6 is 0 Å². The Labute approximate surface area is 155 Å². The minimum atomic E-state index is -0.314. The van der Waals surface area contributed by atoms with Gasteiger partial charge in [-0.2, -0.15) is 4.98 Å². The van der Waals surface area contributed by atoms with E-state index in [1.165, 1.54) is 0 Å². The van der Waals surface area contributed by atoms with Crippen LogP contribution in [-0.2, 0) is 14.4 Å². The van der Waals surface area contributed by atoms with E-state index >= 15 is 0 Å². The molecule has 8 heteroatoms. The molecular formula is C19H19N5O3. The first-order chi connectivity index (χ1) is 13.1. The lowest BCUT2D eigenvalue weighted by molar-refractivity contribution is -0.122. The third kappa shape index (κ3) is 2.47. The number of aromatic nitrogens is 3. The topological polar surface area (TPSA) is 97.2 Å². The van der Waals surface area contributed by atoms with Crippen molar-refractivity contribution < 1.29 is 14.4 Å². The van der Waals surface area contributed by atoms with Crippen LogP contribution in [0, 0.1) is 11.8 Å². The lowest BCUT2D eigenvalue weighted by atomic mass is 9.81. The lowest BCUT2D eigenvalue weighted by Crippen LogP contribution is -2.32. The normalized spacial score (nSPS) is 27.3. The van der Waals surface area contributed by atoms with E-state index in [-0.39, 0.29) is 53.9 Å². The second-order valence-corrected chi connectivity index (χ2v) is 7.37. The number of anilines is 2. The highest BCUT2D eigenvalue weighted by atomic mass is 16.2. The molecule has 3 atom stereocenters. The molecule has 27 heavy (non-hydrogen) atoms. The Morgan fingerprint density at radius 3 is 2.30 bits per heavy atom. The van der Waals surface area contributed by atoms with E-state index in [0.29, 0.717) is 0 Å². The Bertz CT molecular complexity index is 914. The number of fused-ring (bicyclic) bond motifs is 2. The number of benzene rings is 1. The highest BCUT2D eigenvalue weighted by Gasteiger charge is 2.50. The number of nitrogens with one attached hydrogen (secondary N) is 1. The Kier molecular flexibility index (Phi) is 3.60. The number of amides is 3. The van der Waals surface area contributed by atoms with Crippen molar-refractivity contribution in [2.45, 2.75) is 38.1 Å². The molecule has 8 nitrogen and oxygen atoms in total. The van der Waals surface area contributed by atoms with Crippen LogP contribution in [-0.4, -0.2) is 32.5 Å². The fourth-order valence-electron chi connectivity index (χ4n) is 4.44. The minimum Gasteiger partial charge on any atom is -0.295 e. The maximum Gasteiger partial charge on any atom is 0.260 e. The van der Waals surface area contributed by atoms with Crippen LogP contribution in [0.15, 0.2) is 30.3 Å². The van der Waals surface area contributed by atoms with Crippen molar-refractivity contribution in [1.82, 2.24) is 14.8 Å². The predicted octanol–water partition coefficient (Wildman–Crippen LogP) is 1.89. The van der Waals surface area contributed by atoms with E-state index in [1.807, 2.05) is 30.3 Å². The Balaban J connectivity index is 1.54. The quantitative estimate of drug-likeness (QED) is 0.820. The van der Waals surface area contributed by atoms with Gasteiger partial charge in [-0.15, -0.1) is 5.10 Å². The van der Waals surface area contributed by atoms with Crippen molar-refractivity contribution in [3.8, 4) is 0 Å². The highest BCUT2D eigenvalue weighted by Crippen LogP contribution is 2.40. The molecule has 3 aliphatic rings. The summed E-state index contributed by atoms with van der Waals surface area (Å²) in [6, 6.07) is 9.24. The van der Waals surface area contributed by atoms with E-state index in [2.05, 4.69) is 15.4 Å². The van der Waals surface area contributed by atoms with Gasteiger partial charge in [0, 0.05) is 0 Å². The number of nitrogens with zero attached hydrogens (tertiary/aromatic N) is 4. The zero-order valence-electron chi connectivity index (χ0n) is 14.7. The number of carbonyl (C=O) groups excluding carboxylic acids is 3. The summed E-state index contributed by atoms with van der Waals surface area (Å²) in [6.45, 7) is 0. The van der Waals surface area contributed by atoms with Crippen molar-refractivity contribution in [2.24, 2.45) is 11.8 Å². The average Bonchev–Trinajstić information content (AvgIpc) is 3.21. The molecule has 3 amide bonds. The average molecular weight is 365 g/mol. The van der Waals surface area contributed by atoms with Gasteiger partial charge in [0.05, 0.1) is 24.3 Å². The molecule has 1 saturated heterocycles. The third-order valence-corrected chi connectivity index (χ3v) is 5.77. The molecule has 0 unspecified atom stereocenters. The largest absolute Gasteiger partial charge is 0.295 e. The van der Waals surface area contributed by atoms with Gasteiger partial charge in [-0.3, -0.25) is 19.7 Å². The number of carbonyl (C=O) groups is 3. The van der Waals surface area contributed by atoms with Crippen molar-refractivity contribution in [3.63, 3.8) is 0 Å². The van der Waals surface area contributed by atoms with E-state index in [9.17, 15) is 14.4 Å². The van der Waals surface area contributed by atoms with Crippen molar-refractivity contribution in [1.29, 1.82) is 0 Å². The van der Waals surface area contributed by atoms with Crippen molar-refractivity contribution in [3.05, 3.63) is 35.9 Å². The van der Waals surface area contributed by atoms with Gasteiger partial charge in [0.2, 0.25) is 23.7 Å². The van der Waals surface area contributed by atoms with Gasteiger partial charge in [0.15, 0.2) is 0 Å². The summed E-state index contributed by atoms with van der Waals surface area (Å²) in [5.41, 5.74) is 0.929. The van der Waals surface area contributed by atoms with E-state index in [0.717, 1.165) is 36.1 Å². The summed E-state index contributed by atoms with van der Waals surface area (Å²) in [6.07, 6.45) is 3.64. The van der Waals surface area contributed by atoms with Crippen LogP contribution in [0.2, 0.25) is 0 Å². The van der Waals surface area contributed by atoms with Crippen LogP contribution in [0.4, 0.5) is 11.9 Å². The zero-order valence-corrected chi connectivity index (χ0v) is 14.7. The van der Waals surface area contributed by atoms with Gasteiger partial charge >= 0.3 is 0 Å². The maximum absolute atomic E-state index is 12.8. The Morgan fingerprint density at radius 2 is 1.63 bits per heavy atom. The summed E-state index contributed by atoms with van der Waals surface area (Å²) in [5, 5.41) is 7.16. The molecule has 3 heterocycles. The molecule has 1 aromatic heterocycles. The van der Waals surface area contributed by atoms with Crippen molar-refractivity contribution >= 4 is 29.6 Å². The first-order valence-electron chi connectivity index (χ1n) is 9.32.